The van der Waals surface area contributed by atoms with E-state index in [0.717, 1.165) is 11.3 Å². The van der Waals surface area contributed by atoms with Gasteiger partial charge in [-0.3, -0.25) is 0 Å². The molecule has 20 heavy (non-hydrogen) atoms. The second-order valence-corrected chi connectivity index (χ2v) is 5.80. The SMILES string of the molecule is Nc1nc(-c2ccc(Cl)cc2Cl)c2cc(N=O)sc2n1. The van der Waals surface area contributed by atoms with Gasteiger partial charge in [0.25, 0.3) is 0 Å². The van der Waals surface area contributed by atoms with Crippen molar-refractivity contribution in [2.75, 3.05) is 5.73 Å². The van der Waals surface area contributed by atoms with E-state index in [0.29, 0.717) is 36.5 Å². The molecule has 2 N–H and O–H groups in total. The van der Waals surface area contributed by atoms with Crippen LogP contribution >= 0.6 is 34.5 Å². The smallest absolute Gasteiger partial charge is 0.221 e. The zero-order valence-electron chi connectivity index (χ0n) is 9.80. The highest BCUT2D eigenvalue weighted by Crippen LogP contribution is 2.38. The van der Waals surface area contributed by atoms with Gasteiger partial charge >= 0.3 is 0 Å². The largest absolute Gasteiger partial charge is 0.368 e. The zero-order valence-corrected chi connectivity index (χ0v) is 12.1. The summed E-state index contributed by atoms with van der Waals surface area (Å²) in [5, 5.41) is 4.88. The molecule has 0 unspecified atom stereocenters. The lowest BCUT2D eigenvalue weighted by Crippen LogP contribution is -1.96. The predicted octanol–water partition coefficient (Wildman–Crippen LogP) is 4.65. The topological polar surface area (TPSA) is 81.2 Å². The molecular formula is C12H6Cl2N4OS. The number of hydrogen-bond donors (Lipinski definition) is 1. The first kappa shape index (κ1) is 13.2. The van der Waals surface area contributed by atoms with Crippen molar-refractivity contribution >= 4 is 55.7 Å². The van der Waals surface area contributed by atoms with Gasteiger partial charge in [0, 0.05) is 16.0 Å². The Kier molecular flexibility index (Phi) is 3.29. The summed E-state index contributed by atoms with van der Waals surface area (Å²) in [6.07, 6.45) is 0. The summed E-state index contributed by atoms with van der Waals surface area (Å²) in [4.78, 5) is 19.6. The first-order valence-electron chi connectivity index (χ1n) is 5.44. The Bertz CT molecular complexity index is 834. The Morgan fingerprint density at radius 1 is 1.20 bits per heavy atom. The Labute approximate surface area is 127 Å². The molecule has 0 amide bonds. The number of rotatable bonds is 2. The molecule has 5 nitrogen and oxygen atoms in total. The molecule has 0 spiro atoms. The minimum absolute atomic E-state index is 0.109. The van der Waals surface area contributed by atoms with Gasteiger partial charge in [-0.15, -0.1) is 4.91 Å². The maximum Gasteiger partial charge on any atom is 0.221 e. The van der Waals surface area contributed by atoms with Crippen LogP contribution in [0, 0.1) is 4.91 Å². The third kappa shape index (κ3) is 2.22. The van der Waals surface area contributed by atoms with Crippen molar-refractivity contribution in [3.05, 3.63) is 39.2 Å². The molecule has 3 aromatic rings. The van der Waals surface area contributed by atoms with Gasteiger partial charge in [0.15, 0.2) is 5.00 Å². The van der Waals surface area contributed by atoms with E-state index in [-0.39, 0.29) is 5.95 Å². The summed E-state index contributed by atoms with van der Waals surface area (Å²) in [7, 11) is 0. The van der Waals surface area contributed by atoms with Crippen LogP contribution in [0.15, 0.2) is 29.4 Å². The van der Waals surface area contributed by atoms with E-state index in [4.69, 9.17) is 28.9 Å². The Balaban J connectivity index is 2.34. The third-order valence-corrected chi connectivity index (χ3v) is 4.13. The van der Waals surface area contributed by atoms with E-state index in [1.807, 2.05) is 0 Å². The average molecular weight is 325 g/mol. The molecule has 0 atom stereocenters. The molecule has 0 aliphatic carbocycles. The number of halogens is 2. The molecule has 0 saturated heterocycles. The molecule has 2 aromatic heterocycles. The van der Waals surface area contributed by atoms with Crippen LogP contribution in [0.3, 0.4) is 0 Å². The van der Waals surface area contributed by atoms with Gasteiger partial charge in [-0.1, -0.05) is 34.5 Å². The summed E-state index contributed by atoms with van der Waals surface area (Å²) in [6.45, 7) is 0. The quantitative estimate of drug-likeness (QED) is 0.696. The summed E-state index contributed by atoms with van der Waals surface area (Å²) in [5.41, 5.74) is 6.93. The molecule has 0 fully saturated rings. The molecule has 0 aliphatic rings. The van der Waals surface area contributed by atoms with Gasteiger partial charge < -0.3 is 5.73 Å². The number of fused-ring (bicyclic) bond motifs is 1. The van der Waals surface area contributed by atoms with Gasteiger partial charge in [-0.25, -0.2) is 9.97 Å². The summed E-state index contributed by atoms with van der Waals surface area (Å²) in [6, 6.07) is 6.69. The molecule has 0 saturated carbocycles. The third-order valence-electron chi connectivity index (χ3n) is 2.67. The van der Waals surface area contributed by atoms with E-state index in [9.17, 15) is 4.91 Å². The summed E-state index contributed by atoms with van der Waals surface area (Å²) >= 11 is 13.2. The van der Waals surface area contributed by atoms with E-state index >= 15 is 0 Å². The molecule has 0 aliphatic heterocycles. The standard InChI is InChI=1S/C12H6Cl2N4OS/c13-5-1-2-6(8(14)3-5)10-7-4-9(18-19)20-11(7)17-12(15)16-10/h1-4H,(H2,15,16,17). The van der Waals surface area contributed by atoms with E-state index in [1.54, 1.807) is 24.3 Å². The monoisotopic (exact) mass is 324 g/mol. The molecule has 100 valence electrons. The second kappa shape index (κ2) is 4.97. The van der Waals surface area contributed by atoms with Gasteiger partial charge in [0.2, 0.25) is 5.95 Å². The lowest BCUT2D eigenvalue weighted by molar-refractivity contribution is 1.25. The van der Waals surface area contributed by atoms with E-state index in [1.165, 1.54) is 0 Å². The first-order valence-corrected chi connectivity index (χ1v) is 7.01. The van der Waals surface area contributed by atoms with Crippen molar-refractivity contribution < 1.29 is 0 Å². The van der Waals surface area contributed by atoms with Crippen molar-refractivity contribution in [2.45, 2.75) is 0 Å². The Morgan fingerprint density at radius 3 is 2.70 bits per heavy atom. The average Bonchev–Trinajstić information content (AvgIpc) is 2.81. The molecule has 0 radical (unpaired) electrons. The fraction of sp³-hybridized carbons (Fsp3) is 0. The van der Waals surface area contributed by atoms with Gasteiger partial charge in [0.1, 0.15) is 4.83 Å². The van der Waals surface area contributed by atoms with Crippen molar-refractivity contribution in [1.82, 2.24) is 9.97 Å². The van der Waals surface area contributed by atoms with Crippen LogP contribution in [0.25, 0.3) is 21.5 Å². The Hall–Kier alpha value is -1.76. The van der Waals surface area contributed by atoms with Crippen molar-refractivity contribution in [3.63, 3.8) is 0 Å². The van der Waals surface area contributed by atoms with Crippen LogP contribution in [0.4, 0.5) is 10.9 Å². The minimum Gasteiger partial charge on any atom is -0.368 e. The van der Waals surface area contributed by atoms with Crippen molar-refractivity contribution in [3.8, 4) is 11.3 Å². The van der Waals surface area contributed by atoms with Crippen molar-refractivity contribution in [1.29, 1.82) is 0 Å². The highest BCUT2D eigenvalue weighted by Gasteiger charge is 2.15. The van der Waals surface area contributed by atoms with Crippen LogP contribution in [0.1, 0.15) is 0 Å². The maximum absolute atomic E-state index is 10.7. The summed E-state index contributed by atoms with van der Waals surface area (Å²) in [5.74, 6) is 0.109. The van der Waals surface area contributed by atoms with E-state index in [2.05, 4.69) is 15.1 Å². The number of benzene rings is 1. The number of nitroso groups, excluding NO2 is 1. The van der Waals surface area contributed by atoms with E-state index < -0.39 is 0 Å². The van der Waals surface area contributed by atoms with Gasteiger partial charge in [-0.2, -0.15) is 0 Å². The fourth-order valence-corrected chi connectivity index (χ4v) is 3.17. The molecule has 8 heteroatoms. The van der Waals surface area contributed by atoms with Crippen LogP contribution in [-0.2, 0) is 0 Å². The molecule has 3 rings (SSSR count). The van der Waals surface area contributed by atoms with Crippen molar-refractivity contribution in [2.24, 2.45) is 5.18 Å². The highest BCUT2D eigenvalue weighted by atomic mass is 35.5. The van der Waals surface area contributed by atoms with Crippen LogP contribution in [0.2, 0.25) is 10.0 Å². The molecule has 1 aromatic carbocycles. The van der Waals surface area contributed by atoms with Crippen LogP contribution in [0.5, 0.6) is 0 Å². The fourth-order valence-electron chi connectivity index (χ4n) is 1.86. The number of aromatic nitrogens is 2. The number of anilines is 1. The molecular weight excluding hydrogens is 319 g/mol. The number of thiophene rings is 1. The predicted molar refractivity (Wildman–Crippen MR) is 82.7 cm³/mol. The zero-order chi connectivity index (χ0) is 14.3. The van der Waals surface area contributed by atoms with Crippen LogP contribution in [-0.4, -0.2) is 9.97 Å². The maximum atomic E-state index is 10.7. The van der Waals surface area contributed by atoms with Gasteiger partial charge in [-0.05, 0) is 29.4 Å². The lowest BCUT2D eigenvalue weighted by atomic mass is 10.1. The van der Waals surface area contributed by atoms with Crippen LogP contribution < -0.4 is 5.73 Å². The van der Waals surface area contributed by atoms with Gasteiger partial charge in [0.05, 0.1) is 10.7 Å². The molecule has 0 bridgehead atoms. The second-order valence-electron chi connectivity index (χ2n) is 3.95. The number of nitrogens with two attached hydrogens (primary N) is 1. The number of nitrogen functional groups attached to an aromatic ring is 1. The number of nitrogens with zero attached hydrogens (tertiary/aromatic N) is 3. The number of hydrogen-bond acceptors (Lipinski definition) is 6. The Morgan fingerprint density at radius 2 is 2.00 bits per heavy atom. The lowest BCUT2D eigenvalue weighted by Gasteiger charge is -2.06. The normalized spacial score (nSPS) is 10.9. The molecule has 2 heterocycles. The summed E-state index contributed by atoms with van der Waals surface area (Å²) < 4.78 is 0. The first-order chi connectivity index (χ1) is 9.58. The highest BCUT2D eigenvalue weighted by molar-refractivity contribution is 7.22. The minimum atomic E-state index is 0.109.